The second-order valence-corrected chi connectivity index (χ2v) is 6.36. The van der Waals surface area contributed by atoms with Gasteiger partial charge in [-0.2, -0.15) is 0 Å². The van der Waals surface area contributed by atoms with Crippen LogP contribution in [0.3, 0.4) is 0 Å². The fraction of sp³-hybridized carbons (Fsp3) is 0.562. The molecule has 5 heteroatoms. The van der Waals surface area contributed by atoms with Gasteiger partial charge in [-0.25, -0.2) is 0 Å². The molecule has 0 spiro atoms. The zero-order valence-electron chi connectivity index (χ0n) is 12.3. The standard InChI is InChI=1S/C16H21ClN2O2/c1-21-6-5-16(20)19-10-13-9-18(15(13)11-19)8-12-3-2-4-14(17)7-12/h2-4,7,13,15H,5-6,8-11H2,1H3/t13-,15+/m1/s1. The number of benzene rings is 1. The van der Waals surface area contributed by atoms with E-state index in [1.54, 1.807) is 7.11 Å². The monoisotopic (exact) mass is 308 g/mol. The van der Waals surface area contributed by atoms with Crippen molar-refractivity contribution in [1.82, 2.24) is 9.80 Å². The summed E-state index contributed by atoms with van der Waals surface area (Å²) >= 11 is 6.03. The molecule has 0 aromatic heterocycles. The van der Waals surface area contributed by atoms with Gasteiger partial charge < -0.3 is 9.64 Å². The maximum Gasteiger partial charge on any atom is 0.224 e. The average Bonchev–Trinajstić information content (AvgIpc) is 2.80. The Balaban J connectivity index is 1.53. The molecule has 0 N–H and O–H groups in total. The van der Waals surface area contributed by atoms with Crippen LogP contribution in [0.2, 0.25) is 5.02 Å². The van der Waals surface area contributed by atoms with Gasteiger partial charge in [-0.05, 0) is 17.7 Å². The third kappa shape index (κ3) is 3.23. The predicted molar refractivity (Wildman–Crippen MR) is 82.2 cm³/mol. The van der Waals surface area contributed by atoms with Gasteiger partial charge in [0.15, 0.2) is 0 Å². The first kappa shape index (κ1) is 14.8. The lowest BCUT2D eigenvalue weighted by Gasteiger charge is -2.43. The van der Waals surface area contributed by atoms with Gasteiger partial charge in [0.2, 0.25) is 5.91 Å². The van der Waals surface area contributed by atoms with E-state index in [0.29, 0.717) is 25.0 Å². The Hall–Kier alpha value is -1.10. The molecule has 0 unspecified atom stereocenters. The van der Waals surface area contributed by atoms with E-state index < -0.39 is 0 Å². The number of likely N-dealkylation sites (tertiary alicyclic amines) is 2. The molecule has 4 nitrogen and oxygen atoms in total. The normalized spacial score (nSPS) is 24.8. The molecular weight excluding hydrogens is 288 g/mol. The summed E-state index contributed by atoms with van der Waals surface area (Å²) in [6.45, 7) is 4.26. The van der Waals surface area contributed by atoms with Crippen LogP contribution < -0.4 is 0 Å². The highest BCUT2D eigenvalue weighted by Gasteiger charge is 2.46. The molecule has 2 aliphatic rings. The number of nitrogens with zero attached hydrogens (tertiary/aromatic N) is 2. The van der Waals surface area contributed by atoms with E-state index in [0.717, 1.165) is 31.2 Å². The number of rotatable bonds is 5. The summed E-state index contributed by atoms with van der Waals surface area (Å²) in [5.74, 6) is 0.852. The first-order valence-corrected chi connectivity index (χ1v) is 7.80. The third-order valence-corrected chi connectivity index (χ3v) is 4.73. The Morgan fingerprint density at radius 3 is 3.00 bits per heavy atom. The number of ether oxygens (including phenoxy) is 1. The summed E-state index contributed by atoms with van der Waals surface area (Å²) in [6.07, 6.45) is 0.490. The summed E-state index contributed by atoms with van der Waals surface area (Å²) in [6, 6.07) is 8.52. The van der Waals surface area contributed by atoms with E-state index in [9.17, 15) is 4.79 Å². The van der Waals surface area contributed by atoms with Crippen molar-refractivity contribution in [3.63, 3.8) is 0 Å². The Morgan fingerprint density at radius 1 is 1.38 bits per heavy atom. The van der Waals surface area contributed by atoms with Gasteiger partial charge in [-0.3, -0.25) is 9.69 Å². The van der Waals surface area contributed by atoms with Crippen LogP contribution >= 0.6 is 11.6 Å². The zero-order valence-corrected chi connectivity index (χ0v) is 13.1. The minimum atomic E-state index is 0.217. The number of carbonyl (C=O) groups is 1. The molecule has 2 heterocycles. The number of methoxy groups -OCH3 is 1. The van der Waals surface area contributed by atoms with Crippen LogP contribution in [0.4, 0.5) is 0 Å². The minimum absolute atomic E-state index is 0.217. The van der Waals surface area contributed by atoms with Gasteiger partial charge >= 0.3 is 0 Å². The van der Waals surface area contributed by atoms with E-state index in [1.165, 1.54) is 5.56 Å². The second kappa shape index (κ2) is 6.34. The molecule has 1 aromatic carbocycles. The van der Waals surface area contributed by atoms with Gasteiger partial charge in [0, 0.05) is 50.3 Å². The summed E-state index contributed by atoms with van der Waals surface area (Å²) < 4.78 is 4.98. The maximum absolute atomic E-state index is 12.0. The molecule has 0 aliphatic carbocycles. The summed E-state index contributed by atoms with van der Waals surface area (Å²) in [5, 5.41) is 0.785. The Bertz CT molecular complexity index is 523. The van der Waals surface area contributed by atoms with E-state index in [2.05, 4.69) is 11.0 Å². The highest BCUT2D eigenvalue weighted by molar-refractivity contribution is 6.30. The smallest absolute Gasteiger partial charge is 0.224 e. The van der Waals surface area contributed by atoms with Crippen molar-refractivity contribution in [3.8, 4) is 0 Å². The number of fused-ring (bicyclic) bond motifs is 1. The van der Waals surface area contributed by atoms with Crippen molar-refractivity contribution in [3.05, 3.63) is 34.9 Å². The maximum atomic E-state index is 12.0. The first-order valence-electron chi connectivity index (χ1n) is 7.42. The van der Waals surface area contributed by atoms with Crippen molar-refractivity contribution < 1.29 is 9.53 Å². The van der Waals surface area contributed by atoms with E-state index in [-0.39, 0.29) is 5.91 Å². The Kier molecular flexibility index (Phi) is 4.48. The van der Waals surface area contributed by atoms with Crippen LogP contribution in [0.15, 0.2) is 24.3 Å². The molecule has 114 valence electrons. The number of hydrogen-bond acceptors (Lipinski definition) is 3. The van der Waals surface area contributed by atoms with E-state index >= 15 is 0 Å². The Morgan fingerprint density at radius 2 is 2.24 bits per heavy atom. The summed E-state index contributed by atoms with van der Waals surface area (Å²) in [7, 11) is 1.63. The summed E-state index contributed by atoms with van der Waals surface area (Å²) in [5.41, 5.74) is 1.24. The summed E-state index contributed by atoms with van der Waals surface area (Å²) in [4.78, 5) is 16.5. The largest absolute Gasteiger partial charge is 0.384 e. The van der Waals surface area contributed by atoms with Gasteiger partial charge in [-0.15, -0.1) is 0 Å². The van der Waals surface area contributed by atoms with Crippen LogP contribution in [-0.4, -0.2) is 55.1 Å². The SMILES string of the molecule is COCCC(=O)N1C[C@H]2CN(Cc3cccc(Cl)c3)[C@H]2C1. The lowest BCUT2D eigenvalue weighted by atomic mass is 9.91. The topological polar surface area (TPSA) is 32.8 Å². The fourth-order valence-electron chi connectivity index (χ4n) is 3.35. The fourth-order valence-corrected chi connectivity index (χ4v) is 3.56. The van der Waals surface area contributed by atoms with Crippen LogP contribution in [-0.2, 0) is 16.1 Å². The number of hydrogen-bond donors (Lipinski definition) is 0. The number of carbonyl (C=O) groups excluding carboxylic acids is 1. The van der Waals surface area contributed by atoms with E-state index in [4.69, 9.17) is 16.3 Å². The predicted octanol–water partition coefficient (Wildman–Crippen LogP) is 2.02. The zero-order chi connectivity index (χ0) is 14.8. The van der Waals surface area contributed by atoms with Crippen molar-refractivity contribution in [2.45, 2.75) is 19.0 Å². The lowest BCUT2D eigenvalue weighted by Crippen LogP contribution is -2.54. The molecule has 0 bridgehead atoms. The molecule has 0 saturated carbocycles. The molecule has 1 aromatic rings. The van der Waals surface area contributed by atoms with Crippen LogP contribution in [0.5, 0.6) is 0 Å². The average molecular weight is 309 g/mol. The van der Waals surface area contributed by atoms with E-state index in [1.807, 2.05) is 23.1 Å². The van der Waals surface area contributed by atoms with Crippen LogP contribution in [0.25, 0.3) is 0 Å². The molecule has 2 atom stereocenters. The molecule has 2 fully saturated rings. The molecule has 3 rings (SSSR count). The van der Waals surface area contributed by atoms with Crippen molar-refractivity contribution in [2.24, 2.45) is 5.92 Å². The minimum Gasteiger partial charge on any atom is -0.384 e. The molecular formula is C16H21ClN2O2. The van der Waals surface area contributed by atoms with Crippen molar-refractivity contribution in [1.29, 1.82) is 0 Å². The highest BCUT2D eigenvalue weighted by Crippen LogP contribution is 2.34. The van der Waals surface area contributed by atoms with Crippen LogP contribution in [0.1, 0.15) is 12.0 Å². The lowest BCUT2D eigenvalue weighted by molar-refractivity contribution is -0.131. The first-order chi connectivity index (χ1) is 10.2. The van der Waals surface area contributed by atoms with Crippen molar-refractivity contribution >= 4 is 17.5 Å². The Labute approximate surface area is 130 Å². The second-order valence-electron chi connectivity index (χ2n) is 5.93. The quantitative estimate of drug-likeness (QED) is 0.834. The highest BCUT2D eigenvalue weighted by atomic mass is 35.5. The van der Waals surface area contributed by atoms with Gasteiger partial charge in [0.25, 0.3) is 0 Å². The molecule has 21 heavy (non-hydrogen) atoms. The number of halogens is 1. The van der Waals surface area contributed by atoms with Crippen LogP contribution in [0, 0.1) is 5.92 Å². The molecule has 1 amide bonds. The van der Waals surface area contributed by atoms with Gasteiger partial charge in [-0.1, -0.05) is 23.7 Å². The molecule has 2 aliphatic heterocycles. The van der Waals surface area contributed by atoms with Crippen molar-refractivity contribution in [2.75, 3.05) is 33.4 Å². The van der Waals surface area contributed by atoms with Gasteiger partial charge in [0.1, 0.15) is 0 Å². The molecule has 0 radical (unpaired) electrons. The third-order valence-electron chi connectivity index (χ3n) is 4.49. The number of amides is 1. The molecule has 2 saturated heterocycles. The van der Waals surface area contributed by atoms with Gasteiger partial charge in [0.05, 0.1) is 13.0 Å².